The molecule has 1 atom stereocenters. The molecule has 1 fully saturated rings. The van der Waals surface area contributed by atoms with E-state index in [2.05, 4.69) is 59.9 Å². The fourth-order valence-corrected chi connectivity index (χ4v) is 2.63. The molecule has 104 valence electrons. The number of rotatable bonds is 5. The van der Waals surface area contributed by atoms with Gasteiger partial charge < -0.3 is 10.1 Å². The van der Waals surface area contributed by atoms with Crippen LogP contribution < -0.4 is 10.1 Å². The van der Waals surface area contributed by atoms with Crippen molar-refractivity contribution < 1.29 is 4.74 Å². The highest BCUT2D eigenvalue weighted by Crippen LogP contribution is 2.16. The van der Waals surface area contributed by atoms with E-state index in [-0.39, 0.29) is 0 Å². The SMILES string of the molecule is c1ccc(Cc2ccc(OCC3CCCN3)cc2)cc1. The monoisotopic (exact) mass is 267 g/mol. The Morgan fingerprint density at radius 2 is 1.70 bits per heavy atom. The zero-order chi connectivity index (χ0) is 13.6. The van der Waals surface area contributed by atoms with Crippen molar-refractivity contribution in [3.8, 4) is 5.75 Å². The van der Waals surface area contributed by atoms with E-state index in [0.29, 0.717) is 6.04 Å². The minimum Gasteiger partial charge on any atom is -0.492 e. The zero-order valence-corrected chi connectivity index (χ0v) is 11.7. The summed E-state index contributed by atoms with van der Waals surface area (Å²) in [5.41, 5.74) is 2.67. The quantitative estimate of drug-likeness (QED) is 0.896. The third-order valence-electron chi connectivity index (χ3n) is 3.79. The van der Waals surface area contributed by atoms with Crippen LogP contribution in [0.5, 0.6) is 5.75 Å². The second kappa shape index (κ2) is 6.58. The molecule has 2 aromatic rings. The van der Waals surface area contributed by atoms with Gasteiger partial charge in [-0.2, -0.15) is 0 Å². The largest absolute Gasteiger partial charge is 0.492 e. The van der Waals surface area contributed by atoms with E-state index in [1.165, 1.54) is 24.0 Å². The Hall–Kier alpha value is -1.80. The van der Waals surface area contributed by atoms with Crippen LogP contribution in [0.4, 0.5) is 0 Å². The number of hydrogen-bond donors (Lipinski definition) is 1. The minimum atomic E-state index is 0.527. The van der Waals surface area contributed by atoms with Crippen LogP contribution >= 0.6 is 0 Å². The molecule has 1 aliphatic rings. The molecular formula is C18H21NO. The Morgan fingerprint density at radius 3 is 2.40 bits per heavy atom. The van der Waals surface area contributed by atoms with Crippen molar-refractivity contribution in [1.29, 1.82) is 0 Å². The summed E-state index contributed by atoms with van der Waals surface area (Å²) in [7, 11) is 0. The third-order valence-corrected chi connectivity index (χ3v) is 3.79. The van der Waals surface area contributed by atoms with E-state index in [0.717, 1.165) is 25.3 Å². The van der Waals surface area contributed by atoms with Gasteiger partial charge in [-0.25, -0.2) is 0 Å². The molecule has 0 bridgehead atoms. The van der Waals surface area contributed by atoms with E-state index >= 15 is 0 Å². The molecule has 1 N–H and O–H groups in total. The van der Waals surface area contributed by atoms with Gasteiger partial charge in [0, 0.05) is 6.04 Å². The molecule has 0 saturated carbocycles. The molecule has 0 aromatic heterocycles. The summed E-state index contributed by atoms with van der Waals surface area (Å²) >= 11 is 0. The predicted molar refractivity (Wildman–Crippen MR) is 82.2 cm³/mol. The highest BCUT2D eigenvalue weighted by atomic mass is 16.5. The fraction of sp³-hybridized carbons (Fsp3) is 0.333. The number of benzene rings is 2. The van der Waals surface area contributed by atoms with Crippen molar-refractivity contribution in [2.75, 3.05) is 13.2 Å². The summed E-state index contributed by atoms with van der Waals surface area (Å²) in [5, 5.41) is 3.45. The lowest BCUT2D eigenvalue weighted by Gasteiger charge is -2.12. The van der Waals surface area contributed by atoms with Crippen LogP contribution in [0.1, 0.15) is 24.0 Å². The lowest BCUT2D eigenvalue weighted by Crippen LogP contribution is -2.28. The third kappa shape index (κ3) is 3.61. The molecule has 20 heavy (non-hydrogen) atoms. The second-order valence-electron chi connectivity index (χ2n) is 5.41. The molecule has 2 nitrogen and oxygen atoms in total. The normalized spacial score (nSPS) is 18.1. The maximum absolute atomic E-state index is 5.83. The molecule has 0 radical (unpaired) electrons. The standard InChI is InChI=1S/C18H21NO/c1-2-5-15(6-3-1)13-16-8-10-18(11-9-16)20-14-17-7-4-12-19-17/h1-3,5-6,8-11,17,19H,4,7,12-14H2. The first kappa shape index (κ1) is 13.2. The van der Waals surface area contributed by atoms with E-state index in [9.17, 15) is 0 Å². The highest BCUT2D eigenvalue weighted by Gasteiger charge is 2.14. The summed E-state index contributed by atoms with van der Waals surface area (Å²) in [4.78, 5) is 0. The van der Waals surface area contributed by atoms with Crippen LogP contribution in [-0.4, -0.2) is 19.2 Å². The zero-order valence-electron chi connectivity index (χ0n) is 11.7. The number of nitrogens with one attached hydrogen (secondary N) is 1. The van der Waals surface area contributed by atoms with Gasteiger partial charge in [0.15, 0.2) is 0 Å². The fourth-order valence-electron chi connectivity index (χ4n) is 2.63. The van der Waals surface area contributed by atoms with Gasteiger partial charge in [0.05, 0.1) is 0 Å². The molecule has 0 amide bonds. The maximum Gasteiger partial charge on any atom is 0.119 e. The molecule has 3 rings (SSSR count). The average Bonchev–Trinajstić information content (AvgIpc) is 3.01. The van der Waals surface area contributed by atoms with Crippen molar-refractivity contribution in [3.05, 3.63) is 65.7 Å². The Morgan fingerprint density at radius 1 is 0.950 bits per heavy atom. The van der Waals surface area contributed by atoms with Gasteiger partial charge in [-0.05, 0) is 49.1 Å². The second-order valence-corrected chi connectivity index (χ2v) is 5.41. The lowest BCUT2D eigenvalue weighted by atomic mass is 10.1. The van der Waals surface area contributed by atoms with E-state index in [1.807, 2.05) is 0 Å². The van der Waals surface area contributed by atoms with E-state index < -0.39 is 0 Å². The Labute approximate surface area is 120 Å². The minimum absolute atomic E-state index is 0.527. The molecular weight excluding hydrogens is 246 g/mol. The molecule has 2 aromatic carbocycles. The van der Waals surface area contributed by atoms with Gasteiger partial charge in [0.25, 0.3) is 0 Å². The highest BCUT2D eigenvalue weighted by molar-refractivity contribution is 5.31. The first-order valence-electron chi connectivity index (χ1n) is 7.39. The molecule has 0 aliphatic carbocycles. The van der Waals surface area contributed by atoms with Gasteiger partial charge >= 0.3 is 0 Å². The number of ether oxygens (including phenoxy) is 1. The van der Waals surface area contributed by atoms with Crippen LogP contribution in [0.3, 0.4) is 0 Å². The van der Waals surface area contributed by atoms with Gasteiger partial charge in [0.1, 0.15) is 12.4 Å². The van der Waals surface area contributed by atoms with Crippen molar-refractivity contribution in [1.82, 2.24) is 5.32 Å². The van der Waals surface area contributed by atoms with E-state index in [1.54, 1.807) is 0 Å². The van der Waals surface area contributed by atoms with Crippen molar-refractivity contribution in [2.24, 2.45) is 0 Å². The lowest BCUT2D eigenvalue weighted by molar-refractivity contribution is 0.277. The van der Waals surface area contributed by atoms with E-state index in [4.69, 9.17) is 4.74 Å². The predicted octanol–water partition coefficient (Wildman–Crippen LogP) is 3.41. The van der Waals surface area contributed by atoms with Crippen molar-refractivity contribution in [3.63, 3.8) is 0 Å². The number of hydrogen-bond acceptors (Lipinski definition) is 2. The summed E-state index contributed by atoms with van der Waals surface area (Å²) in [6.07, 6.45) is 3.47. The summed E-state index contributed by atoms with van der Waals surface area (Å²) < 4.78 is 5.83. The molecule has 0 spiro atoms. The Bertz CT molecular complexity index is 515. The van der Waals surface area contributed by atoms with Crippen molar-refractivity contribution in [2.45, 2.75) is 25.3 Å². The molecule has 1 unspecified atom stereocenters. The van der Waals surface area contributed by atoms with Crippen molar-refractivity contribution >= 4 is 0 Å². The Balaban J connectivity index is 1.54. The van der Waals surface area contributed by atoms with Crippen LogP contribution in [0.15, 0.2) is 54.6 Å². The van der Waals surface area contributed by atoms with Gasteiger partial charge in [-0.1, -0.05) is 42.5 Å². The van der Waals surface area contributed by atoms with Gasteiger partial charge in [-0.3, -0.25) is 0 Å². The van der Waals surface area contributed by atoms with Crippen LogP contribution in [0, 0.1) is 0 Å². The molecule has 2 heteroatoms. The molecule has 1 saturated heterocycles. The van der Waals surface area contributed by atoms with Crippen LogP contribution in [-0.2, 0) is 6.42 Å². The maximum atomic E-state index is 5.83. The van der Waals surface area contributed by atoms with Gasteiger partial charge in [0.2, 0.25) is 0 Å². The summed E-state index contributed by atoms with van der Waals surface area (Å²) in [6.45, 7) is 1.90. The van der Waals surface area contributed by atoms with Gasteiger partial charge in [-0.15, -0.1) is 0 Å². The Kier molecular flexibility index (Phi) is 4.34. The average molecular weight is 267 g/mol. The molecule has 1 heterocycles. The first-order chi connectivity index (χ1) is 9.90. The topological polar surface area (TPSA) is 21.3 Å². The first-order valence-corrected chi connectivity index (χ1v) is 7.39. The van der Waals surface area contributed by atoms with Crippen LogP contribution in [0.2, 0.25) is 0 Å². The summed E-state index contributed by atoms with van der Waals surface area (Å²) in [5.74, 6) is 0.968. The smallest absolute Gasteiger partial charge is 0.119 e. The summed E-state index contributed by atoms with van der Waals surface area (Å²) in [6, 6.07) is 19.5. The molecule has 1 aliphatic heterocycles. The van der Waals surface area contributed by atoms with Crippen LogP contribution in [0.25, 0.3) is 0 Å².